The number of aliphatic hydroxyl groups excluding tert-OH is 1. The molecular formula is C18H27Cl2N3O2. The van der Waals surface area contributed by atoms with Gasteiger partial charge >= 0.3 is 0 Å². The van der Waals surface area contributed by atoms with Gasteiger partial charge in [0.25, 0.3) is 0 Å². The molecule has 25 heavy (non-hydrogen) atoms. The number of anilines is 1. The first-order chi connectivity index (χ1) is 10.9. The Labute approximate surface area is 161 Å². The number of benzene rings is 1. The van der Waals surface area contributed by atoms with Gasteiger partial charge in [-0.15, -0.1) is 24.8 Å². The van der Waals surface area contributed by atoms with Gasteiger partial charge < -0.3 is 21.3 Å². The summed E-state index contributed by atoms with van der Waals surface area (Å²) in [4.78, 5) is 3.99. The van der Waals surface area contributed by atoms with E-state index in [9.17, 15) is 10.2 Å². The van der Waals surface area contributed by atoms with Crippen LogP contribution in [0.2, 0.25) is 0 Å². The van der Waals surface area contributed by atoms with E-state index in [4.69, 9.17) is 5.73 Å². The van der Waals surface area contributed by atoms with E-state index in [0.29, 0.717) is 18.1 Å². The largest absolute Gasteiger partial charge is 0.508 e. The summed E-state index contributed by atoms with van der Waals surface area (Å²) in [7, 11) is 0. The fourth-order valence-corrected chi connectivity index (χ4v) is 2.36. The molecule has 0 aliphatic heterocycles. The number of nitrogen functional groups attached to an aromatic ring is 1. The number of para-hydroxylation sites is 1. The van der Waals surface area contributed by atoms with Crippen molar-refractivity contribution in [2.45, 2.75) is 38.3 Å². The van der Waals surface area contributed by atoms with Crippen LogP contribution in [0, 0.1) is 0 Å². The SMILES string of the molecule is CC(C)(CCc1ccccc1O)NC[C@H](O)c1ccc(N)nc1.Cl.Cl. The van der Waals surface area contributed by atoms with Crippen molar-refractivity contribution in [3.05, 3.63) is 53.7 Å². The van der Waals surface area contributed by atoms with E-state index in [0.717, 1.165) is 24.0 Å². The van der Waals surface area contributed by atoms with E-state index < -0.39 is 6.10 Å². The molecule has 0 fully saturated rings. The van der Waals surface area contributed by atoms with Crippen molar-refractivity contribution < 1.29 is 10.2 Å². The number of aromatic nitrogens is 1. The number of phenols is 1. The zero-order valence-electron chi connectivity index (χ0n) is 14.5. The van der Waals surface area contributed by atoms with Gasteiger partial charge in [-0.3, -0.25) is 0 Å². The fraction of sp³-hybridized carbons (Fsp3) is 0.389. The molecule has 1 heterocycles. The maximum atomic E-state index is 10.2. The maximum absolute atomic E-state index is 10.2. The normalized spacial score (nSPS) is 12.0. The molecule has 1 aromatic heterocycles. The molecule has 1 atom stereocenters. The number of hydrogen-bond acceptors (Lipinski definition) is 5. The van der Waals surface area contributed by atoms with Gasteiger partial charge in [0.1, 0.15) is 11.6 Å². The van der Waals surface area contributed by atoms with Crippen LogP contribution in [-0.4, -0.2) is 27.3 Å². The third kappa shape index (κ3) is 7.48. The zero-order valence-corrected chi connectivity index (χ0v) is 16.1. The maximum Gasteiger partial charge on any atom is 0.123 e. The number of aromatic hydroxyl groups is 1. The second-order valence-electron chi connectivity index (χ2n) is 6.43. The number of nitrogens with zero attached hydrogens (tertiary/aromatic N) is 1. The van der Waals surface area contributed by atoms with E-state index in [2.05, 4.69) is 24.1 Å². The van der Waals surface area contributed by atoms with Crippen molar-refractivity contribution in [1.29, 1.82) is 0 Å². The molecule has 0 amide bonds. The van der Waals surface area contributed by atoms with Crippen LogP contribution in [-0.2, 0) is 6.42 Å². The number of nitrogens with one attached hydrogen (secondary N) is 1. The van der Waals surface area contributed by atoms with Gasteiger partial charge in [0, 0.05) is 23.8 Å². The molecule has 140 valence electrons. The minimum Gasteiger partial charge on any atom is -0.508 e. The Balaban J connectivity index is 0.00000288. The van der Waals surface area contributed by atoms with Crippen molar-refractivity contribution in [3.8, 4) is 5.75 Å². The first kappa shape index (κ1) is 23.5. The summed E-state index contributed by atoms with van der Waals surface area (Å²) in [5, 5.41) is 23.4. The molecule has 0 saturated heterocycles. The molecule has 2 aromatic rings. The molecule has 0 saturated carbocycles. The van der Waals surface area contributed by atoms with Crippen LogP contribution in [0.4, 0.5) is 5.82 Å². The molecule has 1 aromatic carbocycles. The van der Waals surface area contributed by atoms with Crippen molar-refractivity contribution in [3.63, 3.8) is 0 Å². The molecule has 5 nitrogen and oxygen atoms in total. The minimum absolute atomic E-state index is 0. The lowest BCUT2D eigenvalue weighted by Crippen LogP contribution is -2.42. The van der Waals surface area contributed by atoms with E-state index >= 15 is 0 Å². The Bertz CT molecular complexity index is 636. The van der Waals surface area contributed by atoms with Crippen LogP contribution < -0.4 is 11.1 Å². The van der Waals surface area contributed by atoms with Gasteiger partial charge in [-0.1, -0.05) is 24.3 Å². The monoisotopic (exact) mass is 387 g/mol. The summed E-state index contributed by atoms with van der Waals surface area (Å²) in [6.07, 6.45) is 2.58. The summed E-state index contributed by atoms with van der Waals surface area (Å²) in [5.41, 5.74) is 7.06. The highest BCUT2D eigenvalue weighted by Crippen LogP contribution is 2.21. The van der Waals surface area contributed by atoms with Gasteiger partial charge in [-0.05, 0) is 44.4 Å². The fourth-order valence-electron chi connectivity index (χ4n) is 2.36. The van der Waals surface area contributed by atoms with Crippen molar-refractivity contribution in [2.24, 2.45) is 0 Å². The number of hydrogen-bond donors (Lipinski definition) is 4. The number of rotatable bonds is 7. The smallest absolute Gasteiger partial charge is 0.123 e. The predicted molar refractivity (Wildman–Crippen MR) is 107 cm³/mol. The number of nitrogens with two attached hydrogens (primary N) is 1. The lowest BCUT2D eigenvalue weighted by molar-refractivity contribution is 0.159. The number of aryl methyl sites for hydroxylation is 1. The second-order valence-corrected chi connectivity index (χ2v) is 6.43. The first-order valence-corrected chi connectivity index (χ1v) is 7.79. The molecule has 0 aliphatic rings. The Morgan fingerprint density at radius 1 is 1.16 bits per heavy atom. The Morgan fingerprint density at radius 2 is 1.84 bits per heavy atom. The highest BCUT2D eigenvalue weighted by molar-refractivity contribution is 5.85. The van der Waals surface area contributed by atoms with Crippen LogP contribution in [0.3, 0.4) is 0 Å². The molecule has 7 heteroatoms. The van der Waals surface area contributed by atoms with Crippen LogP contribution in [0.15, 0.2) is 42.6 Å². The number of pyridine rings is 1. The highest BCUT2D eigenvalue weighted by Gasteiger charge is 2.19. The van der Waals surface area contributed by atoms with Crippen LogP contribution >= 0.6 is 24.8 Å². The van der Waals surface area contributed by atoms with Gasteiger partial charge in [0.2, 0.25) is 0 Å². The van der Waals surface area contributed by atoms with Crippen LogP contribution in [0.25, 0.3) is 0 Å². The third-order valence-corrected chi connectivity index (χ3v) is 3.98. The van der Waals surface area contributed by atoms with Crippen molar-refractivity contribution >= 4 is 30.6 Å². The summed E-state index contributed by atoms with van der Waals surface area (Å²) >= 11 is 0. The highest BCUT2D eigenvalue weighted by atomic mass is 35.5. The molecule has 0 spiro atoms. The molecular weight excluding hydrogens is 361 g/mol. The molecule has 0 unspecified atom stereocenters. The van der Waals surface area contributed by atoms with E-state index in [-0.39, 0.29) is 30.4 Å². The lowest BCUT2D eigenvalue weighted by atomic mass is 9.94. The van der Waals surface area contributed by atoms with E-state index in [1.165, 1.54) is 0 Å². The molecule has 0 bridgehead atoms. The summed E-state index contributed by atoms with van der Waals surface area (Å²) in [5.74, 6) is 0.771. The number of β-amino-alcohol motifs (C(OH)–C–C–N with tert-alkyl or cyclic N) is 1. The van der Waals surface area contributed by atoms with Gasteiger partial charge in [-0.25, -0.2) is 4.98 Å². The summed E-state index contributed by atoms with van der Waals surface area (Å²) < 4.78 is 0. The predicted octanol–water partition coefficient (Wildman–Crippen LogP) is 3.25. The average Bonchev–Trinajstić information content (AvgIpc) is 2.53. The molecule has 0 aliphatic carbocycles. The second kappa shape index (κ2) is 10.5. The van der Waals surface area contributed by atoms with Crippen LogP contribution in [0.1, 0.15) is 37.5 Å². The van der Waals surface area contributed by atoms with Gasteiger partial charge in [0.15, 0.2) is 0 Å². The summed E-state index contributed by atoms with van der Waals surface area (Å²) in [6, 6.07) is 10.8. The number of phenolic OH excluding ortho intramolecular Hbond substituents is 1. The average molecular weight is 388 g/mol. The quantitative estimate of drug-likeness (QED) is 0.585. The number of aliphatic hydroxyl groups is 1. The molecule has 5 N–H and O–H groups in total. The van der Waals surface area contributed by atoms with Crippen LogP contribution in [0.5, 0.6) is 5.75 Å². The van der Waals surface area contributed by atoms with Crippen molar-refractivity contribution in [2.75, 3.05) is 12.3 Å². The van der Waals surface area contributed by atoms with Gasteiger partial charge in [-0.2, -0.15) is 0 Å². The van der Waals surface area contributed by atoms with E-state index in [1.807, 2.05) is 18.2 Å². The minimum atomic E-state index is -0.632. The third-order valence-electron chi connectivity index (χ3n) is 3.98. The standard InChI is InChI=1S/C18H25N3O2.2ClH/c1-18(2,10-9-13-5-3-4-6-15(13)22)21-12-16(23)14-7-8-17(19)20-11-14;;/h3-8,11,16,21-23H,9-10,12H2,1-2H3,(H2,19,20);2*1H/t16-;;/m0../s1. The Morgan fingerprint density at radius 3 is 2.44 bits per heavy atom. The topological polar surface area (TPSA) is 91.4 Å². The zero-order chi connectivity index (χ0) is 16.9. The van der Waals surface area contributed by atoms with Gasteiger partial charge in [0.05, 0.1) is 6.10 Å². The number of halogens is 2. The van der Waals surface area contributed by atoms with Crippen molar-refractivity contribution in [1.82, 2.24) is 10.3 Å². The Hall–Kier alpha value is -1.53. The molecule has 0 radical (unpaired) electrons. The van der Waals surface area contributed by atoms with E-state index in [1.54, 1.807) is 24.4 Å². The first-order valence-electron chi connectivity index (χ1n) is 7.79. The summed E-state index contributed by atoms with van der Waals surface area (Å²) in [6.45, 7) is 4.60. The lowest BCUT2D eigenvalue weighted by Gasteiger charge is -2.28. The molecule has 2 rings (SSSR count). The Kier molecular flexibility index (Phi) is 9.82.